The van der Waals surface area contributed by atoms with Crippen molar-refractivity contribution in [3.63, 3.8) is 0 Å². The van der Waals surface area contributed by atoms with Crippen LogP contribution >= 0.6 is 0 Å². The number of benzene rings is 1. The first-order valence-corrected chi connectivity index (χ1v) is 7.06. The second-order valence-electron chi connectivity index (χ2n) is 6.06. The van der Waals surface area contributed by atoms with Crippen molar-refractivity contribution in [2.24, 2.45) is 0 Å². The molecule has 0 aliphatic heterocycles. The van der Waals surface area contributed by atoms with Crippen LogP contribution in [0.5, 0.6) is 0 Å². The number of nitrogens with one attached hydrogen (secondary N) is 1. The van der Waals surface area contributed by atoms with Crippen molar-refractivity contribution >= 4 is 17.8 Å². The van der Waals surface area contributed by atoms with E-state index < -0.39 is 35.6 Å². The van der Waals surface area contributed by atoms with Gasteiger partial charge < -0.3 is 20.3 Å². The predicted molar refractivity (Wildman–Crippen MR) is 82.2 cm³/mol. The number of ketones is 1. The number of carbonyl (C=O) groups is 3. The van der Waals surface area contributed by atoms with Gasteiger partial charge in [-0.05, 0) is 27.7 Å². The lowest BCUT2D eigenvalue weighted by molar-refractivity contribution is -0.146. The molecular formula is C16H21NO6. The Morgan fingerprint density at radius 1 is 1.17 bits per heavy atom. The van der Waals surface area contributed by atoms with Crippen LogP contribution in [0.15, 0.2) is 24.3 Å². The van der Waals surface area contributed by atoms with Crippen LogP contribution in [-0.4, -0.2) is 39.7 Å². The van der Waals surface area contributed by atoms with Gasteiger partial charge in [0.15, 0.2) is 11.9 Å². The molecule has 0 spiro atoms. The van der Waals surface area contributed by atoms with Crippen LogP contribution in [0.4, 0.5) is 4.79 Å². The zero-order chi connectivity index (χ0) is 17.8. The Labute approximate surface area is 134 Å². The fourth-order valence-electron chi connectivity index (χ4n) is 1.88. The van der Waals surface area contributed by atoms with E-state index in [0.29, 0.717) is 0 Å². The van der Waals surface area contributed by atoms with Gasteiger partial charge in [0.25, 0.3) is 0 Å². The molecule has 7 heteroatoms. The molecule has 2 atom stereocenters. The molecule has 7 nitrogen and oxygen atoms in total. The van der Waals surface area contributed by atoms with Gasteiger partial charge in [0.1, 0.15) is 5.60 Å². The minimum Gasteiger partial charge on any atom is -0.479 e. The number of carbonyl (C=O) groups excluding carboxylic acids is 2. The van der Waals surface area contributed by atoms with Crippen molar-refractivity contribution in [3.8, 4) is 0 Å². The lowest BCUT2D eigenvalue weighted by Crippen LogP contribution is -2.42. The summed E-state index contributed by atoms with van der Waals surface area (Å²) in [7, 11) is 0. The number of ether oxygens (including phenoxy) is 1. The highest BCUT2D eigenvalue weighted by Crippen LogP contribution is 2.20. The Bertz CT molecular complexity index is 605. The molecule has 1 aromatic carbocycles. The lowest BCUT2D eigenvalue weighted by atomic mass is 9.96. The van der Waals surface area contributed by atoms with Crippen molar-refractivity contribution in [2.45, 2.75) is 45.4 Å². The Hall–Kier alpha value is -2.41. The van der Waals surface area contributed by atoms with Gasteiger partial charge in [-0.15, -0.1) is 0 Å². The van der Waals surface area contributed by atoms with Gasteiger partial charge in [-0.3, -0.25) is 4.79 Å². The van der Waals surface area contributed by atoms with E-state index in [1.54, 1.807) is 26.8 Å². The van der Waals surface area contributed by atoms with Gasteiger partial charge in [-0.2, -0.15) is 0 Å². The summed E-state index contributed by atoms with van der Waals surface area (Å²) >= 11 is 0. The van der Waals surface area contributed by atoms with Crippen LogP contribution in [0.2, 0.25) is 0 Å². The van der Waals surface area contributed by atoms with Gasteiger partial charge in [-0.25, -0.2) is 9.59 Å². The molecule has 0 heterocycles. The summed E-state index contributed by atoms with van der Waals surface area (Å²) < 4.78 is 5.06. The Morgan fingerprint density at radius 3 is 2.26 bits per heavy atom. The number of carboxylic acid groups (broad SMARTS) is 1. The van der Waals surface area contributed by atoms with E-state index in [2.05, 4.69) is 5.32 Å². The summed E-state index contributed by atoms with van der Waals surface area (Å²) in [6.45, 7) is 6.53. The van der Waals surface area contributed by atoms with Gasteiger partial charge in [0.05, 0.1) is 6.04 Å². The van der Waals surface area contributed by atoms with E-state index >= 15 is 0 Å². The molecule has 126 valence electrons. The summed E-state index contributed by atoms with van der Waals surface area (Å²) in [4.78, 5) is 35.0. The van der Waals surface area contributed by atoms with E-state index in [0.717, 1.165) is 0 Å². The highest BCUT2D eigenvalue weighted by molar-refractivity contribution is 6.03. The normalized spacial score (nSPS) is 13.8. The van der Waals surface area contributed by atoms with Gasteiger partial charge in [0.2, 0.25) is 0 Å². The Balaban J connectivity index is 2.93. The predicted octanol–water partition coefficient (Wildman–Crippen LogP) is 1.90. The molecule has 0 bridgehead atoms. The molecule has 0 aliphatic rings. The molecule has 1 aromatic rings. The number of alkyl carbamates (subject to hydrolysis) is 1. The van der Waals surface area contributed by atoms with Crippen molar-refractivity contribution in [1.29, 1.82) is 0 Å². The minimum absolute atomic E-state index is 0.0251. The van der Waals surface area contributed by atoms with Crippen molar-refractivity contribution in [2.75, 3.05) is 0 Å². The number of rotatable bonds is 5. The molecule has 0 saturated carbocycles. The number of hydrogen-bond acceptors (Lipinski definition) is 5. The maximum absolute atomic E-state index is 12.4. The molecule has 3 N–H and O–H groups in total. The van der Waals surface area contributed by atoms with Crippen LogP contribution in [0.3, 0.4) is 0 Å². The molecule has 0 aromatic heterocycles. The third-order valence-corrected chi connectivity index (χ3v) is 2.88. The smallest absolute Gasteiger partial charge is 0.408 e. The second-order valence-corrected chi connectivity index (χ2v) is 6.06. The van der Waals surface area contributed by atoms with Crippen molar-refractivity contribution in [1.82, 2.24) is 5.32 Å². The number of aliphatic hydroxyl groups excluding tert-OH is 1. The average molecular weight is 323 g/mol. The van der Waals surface area contributed by atoms with Gasteiger partial charge in [-0.1, -0.05) is 24.3 Å². The van der Waals surface area contributed by atoms with Crippen LogP contribution < -0.4 is 5.32 Å². The van der Waals surface area contributed by atoms with E-state index in [4.69, 9.17) is 9.84 Å². The quantitative estimate of drug-likeness (QED) is 0.713. The van der Waals surface area contributed by atoms with Crippen molar-refractivity contribution < 1.29 is 29.3 Å². The van der Waals surface area contributed by atoms with Crippen LogP contribution in [-0.2, 0) is 9.53 Å². The maximum atomic E-state index is 12.4. The van der Waals surface area contributed by atoms with Crippen molar-refractivity contribution in [3.05, 3.63) is 35.4 Å². The molecule has 0 aliphatic carbocycles. The standard InChI is InChI=1S/C16H21NO6/c1-9(17-15(22)23-16(2,3)4)12(18)10-7-5-6-8-11(10)13(19)14(20)21/h5-9,13,19H,1-4H3,(H,17,22)(H,20,21)/t9-,13?/m0/s1. The number of amides is 1. The molecular weight excluding hydrogens is 302 g/mol. The second kappa shape index (κ2) is 7.23. The highest BCUT2D eigenvalue weighted by Gasteiger charge is 2.27. The summed E-state index contributed by atoms with van der Waals surface area (Å²) in [5.74, 6) is -1.98. The lowest BCUT2D eigenvalue weighted by Gasteiger charge is -2.22. The van der Waals surface area contributed by atoms with Crippen LogP contribution in [0, 0.1) is 0 Å². The zero-order valence-electron chi connectivity index (χ0n) is 13.5. The number of aliphatic carboxylic acids is 1. The number of Topliss-reactive ketones (excluding diaryl/α,β-unsaturated/α-hetero) is 1. The molecule has 1 unspecified atom stereocenters. The fourth-order valence-corrected chi connectivity index (χ4v) is 1.88. The average Bonchev–Trinajstić information content (AvgIpc) is 2.43. The number of hydrogen-bond donors (Lipinski definition) is 3. The van der Waals surface area contributed by atoms with Crippen LogP contribution in [0.1, 0.15) is 49.7 Å². The third kappa shape index (κ3) is 5.37. The third-order valence-electron chi connectivity index (χ3n) is 2.88. The summed E-state index contributed by atoms with van der Waals surface area (Å²) in [5, 5.41) is 21.0. The minimum atomic E-state index is -1.82. The number of carboxylic acids is 1. The van der Waals surface area contributed by atoms with Gasteiger partial charge in [0, 0.05) is 11.1 Å². The Morgan fingerprint density at radius 2 is 1.74 bits per heavy atom. The maximum Gasteiger partial charge on any atom is 0.408 e. The zero-order valence-corrected chi connectivity index (χ0v) is 13.5. The van der Waals surface area contributed by atoms with E-state index in [1.807, 2.05) is 0 Å². The van der Waals surface area contributed by atoms with E-state index in [-0.39, 0.29) is 11.1 Å². The molecule has 23 heavy (non-hydrogen) atoms. The highest BCUT2D eigenvalue weighted by atomic mass is 16.6. The monoisotopic (exact) mass is 323 g/mol. The fraction of sp³-hybridized carbons (Fsp3) is 0.438. The van der Waals surface area contributed by atoms with E-state index in [9.17, 15) is 19.5 Å². The van der Waals surface area contributed by atoms with Crippen LogP contribution in [0.25, 0.3) is 0 Å². The van der Waals surface area contributed by atoms with E-state index in [1.165, 1.54) is 25.1 Å². The topological polar surface area (TPSA) is 113 Å². The summed E-state index contributed by atoms with van der Waals surface area (Å²) in [5.41, 5.74) is -0.696. The largest absolute Gasteiger partial charge is 0.479 e. The first-order chi connectivity index (χ1) is 10.5. The molecule has 0 fully saturated rings. The summed E-state index contributed by atoms with van der Waals surface area (Å²) in [6, 6.07) is 4.88. The first kappa shape index (κ1) is 18.6. The molecule has 1 rings (SSSR count). The molecule has 0 saturated heterocycles. The Kier molecular flexibility index (Phi) is 5.86. The summed E-state index contributed by atoms with van der Waals surface area (Å²) in [6.07, 6.45) is -2.57. The molecule has 1 amide bonds. The SMILES string of the molecule is C[C@H](NC(=O)OC(C)(C)C)C(=O)c1ccccc1C(O)C(=O)O. The van der Waals surface area contributed by atoms with Gasteiger partial charge >= 0.3 is 12.1 Å². The number of aliphatic hydroxyl groups is 1. The first-order valence-electron chi connectivity index (χ1n) is 7.06. The molecule has 0 radical (unpaired) electrons.